The second-order valence-electron chi connectivity index (χ2n) is 4.19. The number of imidazole rings is 1. The van der Waals surface area contributed by atoms with Crippen LogP contribution in [0.2, 0.25) is 0 Å². The van der Waals surface area contributed by atoms with Crippen LogP contribution in [0.25, 0.3) is 11.2 Å². The zero-order valence-electron chi connectivity index (χ0n) is 9.07. The van der Waals surface area contributed by atoms with Crippen LogP contribution in [0.3, 0.4) is 0 Å². The van der Waals surface area contributed by atoms with Crippen LogP contribution >= 0.6 is 0 Å². The third-order valence-corrected chi connectivity index (χ3v) is 3.07. The molecule has 0 spiro atoms. The van der Waals surface area contributed by atoms with Crippen molar-refractivity contribution in [1.82, 2.24) is 19.9 Å². The van der Waals surface area contributed by atoms with E-state index in [4.69, 9.17) is 5.73 Å². The van der Waals surface area contributed by atoms with Gasteiger partial charge in [-0.3, -0.25) is 0 Å². The zero-order chi connectivity index (χ0) is 11.1. The average molecular weight is 218 g/mol. The van der Waals surface area contributed by atoms with Gasteiger partial charge in [0.1, 0.15) is 5.52 Å². The minimum Gasteiger partial charge on any atom is -0.368 e. The molecule has 1 aliphatic carbocycles. The summed E-state index contributed by atoms with van der Waals surface area (Å²) in [5, 5.41) is 3.38. The fraction of sp³-hybridized carbons (Fsp3) is 0.500. The van der Waals surface area contributed by atoms with Crippen molar-refractivity contribution < 1.29 is 0 Å². The Morgan fingerprint density at radius 1 is 1.56 bits per heavy atom. The highest BCUT2D eigenvalue weighted by atomic mass is 15.2. The summed E-state index contributed by atoms with van der Waals surface area (Å²) < 4.78 is 0. The molecule has 2 heterocycles. The van der Waals surface area contributed by atoms with Gasteiger partial charge in [0.2, 0.25) is 5.95 Å². The Morgan fingerprint density at radius 3 is 3.19 bits per heavy atom. The highest BCUT2D eigenvalue weighted by molar-refractivity contribution is 5.83. The Kier molecular flexibility index (Phi) is 1.95. The summed E-state index contributed by atoms with van der Waals surface area (Å²) in [6, 6.07) is 0.519. The van der Waals surface area contributed by atoms with Crippen molar-refractivity contribution in [3.8, 4) is 0 Å². The summed E-state index contributed by atoms with van der Waals surface area (Å²) in [5.41, 5.74) is 7.08. The largest absolute Gasteiger partial charge is 0.368 e. The molecule has 1 aliphatic rings. The zero-order valence-corrected chi connectivity index (χ0v) is 9.07. The van der Waals surface area contributed by atoms with E-state index in [9.17, 15) is 0 Å². The van der Waals surface area contributed by atoms with Crippen molar-refractivity contribution in [2.24, 2.45) is 5.92 Å². The summed E-state index contributed by atoms with van der Waals surface area (Å²) in [7, 11) is 0. The van der Waals surface area contributed by atoms with Crippen LogP contribution in [0.5, 0.6) is 0 Å². The van der Waals surface area contributed by atoms with E-state index in [1.165, 1.54) is 12.8 Å². The number of nitrogens with two attached hydrogens (primary N) is 1. The average Bonchev–Trinajstić information content (AvgIpc) is 2.83. The molecule has 2 atom stereocenters. The van der Waals surface area contributed by atoms with Crippen LogP contribution in [0.15, 0.2) is 6.33 Å². The standard InChI is InChI=1S/C10H14N6/c1-2-5-3-6(5)14-9-7-8(13-4-12-7)15-10(11)16-9/h4-6H,2-3H2,1H3,(H4,11,12,13,14,15,16). The molecular weight excluding hydrogens is 204 g/mol. The Bertz CT molecular complexity index is 519. The first kappa shape index (κ1) is 9.38. The van der Waals surface area contributed by atoms with Gasteiger partial charge in [-0.05, 0) is 12.3 Å². The first-order chi connectivity index (χ1) is 7.78. The maximum Gasteiger partial charge on any atom is 0.224 e. The molecule has 0 amide bonds. The van der Waals surface area contributed by atoms with E-state index in [1.807, 2.05) is 0 Å². The lowest BCUT2D eigenvalue weighted by Gasteiger charge is -2.05. The molecule has 0 aromatic carbocycles. The van der Waals surface area contributed by atoms with Gasteiger partial charge in [-0.25, -0.2) is 4.98 Å². The SMILES string of the molecule is CCC1CC1Nc1nc(N)nc2nc[nH]c12. The van der Waals surface area contributed by atoms with Crippen LogP contribution in [0.1, 0.15) is 19.8 Å². The molecule has 2 unspecified atom stereocenters. The molecule has 4 N–H and O–H groups in total. The molecule has 6 nitrogen and oxygen atoms in total. The molecule has 6 heteroatoms. The number of rotatable bonds is 3. The van der Waals surface area contributed by atoms with Gasteiger partial charge >= 0.3 is 0 Å². The van der Waals surface area contributed by atoms with Gasteiger partial charge in [0.25, 0.3) is 0 Å². The van der Waals surface area contributed by atoms with E-state index in [1.54, 1.807) is 6.33 Å². The summed E-state index contributed by atoms with van der Waals surface area (Å²) in [6.07, 6.45) is 4.01. The lowest BCUT2D eigenvalue weighted by Crippen LogP contribution is -2.08. The normalized spacial score (nSPS) is 23.6. The number of aromatic nitrogens is 4. The molecule has 16 heavy (non-hydrogen) atoms. The molecule has 1 saturated carbocycles. The van der Waals surface area contributed by atoms with Gasteiger partial charge in [-0.15, -0.1) is 0 Å². The monoisotopic (exact) mass is 218 g/mol. The summed E-state index contributed by atoms with van der Waals surface area (Å²) in [6.45, 7) is 2.20. The van der Waals surface area contributed by atoms with Crippen LogP contribution in [0, 0.1) is 5.92 Å². The maximum atomic E-state index is 5.63. The molecule has 3 rings (SSSR count). The number of fused-ring (bicyclic) bond motifs is 1. The predicted octanol–water partition coefficient (Wildman–Crippen LogP) is 1.15. The lowest BCUT2D eigenvalue weighted by molar-refractivity contribution is 0.773. The van der Waals surface area contributed by atoms with E-state index in [-0.39, 0.29) is 5.95 Å². The predicted molar refractivity (Wildman–Crippen MR) is 61.9 cm³/mol. The quantitative estimate of drug-likeness (QED) is 0.718. The van der Waals surface area contributed by atoms with Gasteiger partial charge in [0.15, 0.2) is 11.5 Å². The fourth-order valence-electron chi connectivity index (χ4n) is 2.01. The van der Waals surface area contributed by atoms with Crippen LogP contribution < -0.4 is 11.1 Å². The Hall–Kier alpha value is -1.85. The van der Waals surface area contributed by atoms with E-state index in [0.717, 1.165) is 17.3 Å². The van der Waals surface area contributed by atoms with Crippen molar-refractivity contribution in [3.05, 3.63) is 6.33 Å². The van der Waals surface area contributed by atoms with E-state index >= 15 is 0 Å². The Balaban J connectivity index is 1.93. The van der Waals surface area contributed by atoms with Crippen LogP contribution in [-0.2, 0) is 0 Å². The number of anilines is 2. The Labute approximate surface area is 92.7 Å². The highest BCUT2D eigenvalue weighted by Gasteiger charge is 2.35. The summed E-state index contributed by atoms with van der Waals surface area (Å²) in [4.78, 5) is 15.4. The number of aromatic amines is 1. The van der Waals surface area contributed by atoms with Crippen LogP contribution in [0.4, 0.5) is 11.8 Å². The van der Waals surface area contributed by atoms with Gasteiger partial charge in [-0.1, -0.05) is 13.3 Å². The first-order valence-electron chi connectivity index (χ1n) is 5.51. The second-order valence-corrected chi connectivity index (χ2v) is 4.19. The molecule has 0 radical (unpaired) electrons. The van der Waals surface area contributed by atoms with Crippen molar-refractivity contribution in [1.29, 1.82) is 0 Å². The molecule has 0 aliphatic heterocycles. The van der Waals surface area contributed by atoms with Gasteiger partial charge in [0.05, 0.1) is 6.33 Å². The summed E-state index contributed by atoms with van der Waals surface area (Å²) >= 11 is 0. The number of nitrogen functional groups attached to an aromatic ring is 1. The highest BCUT2D eigenvalue weighted by Crippen LogP contribution is 2.36. The van der Waals surface area contributed by atoms with E-state index in [2.05, 4.69) is 32.2 Å². The van der Waals surface area contributed by atoms with Gasteiger partial charge < -0.3 is 16.0 Å². The molecular formula is C10H14N6. The third kappa shape index (κ3) is 1.46. The molecule has 0 saturated heterocycles. The number of nitrogens with zero attached hydrogens (tertiary/aromatic N) is 3. The number of nitrogens with one attached hydrogen (secondary N) is 2. The second kappa shape index (κ2) is 3.33. The first-order valence-corrected chi connectivity index (χ1v) is 5.51. The van der Waals surface area contributed by atoms with Crippen molar-refractivity contribution in [2.45, 2.75) is 25.8 Å². The third-order valence-electron chi connectivity index (χ3n) is 3.07. The minimum absolute atomic E-state index is 0.260. The van der Waals surface area contributed by atoms with E-state index < -0.39 is 0 Å². The number of H-pyrrole nitrogens is 1. The number of hydrogen-bond donors (Lipinski definition) is 3. The molecule has 84 valence electrons. The smallest absolute Gasteiger partial charge is 0.224 e. The minimum atomic E-state index is 0.260. The molecule has 1 fully saturated rings. The lowest BCUT2D eigenvalue weighted by atomic mass is 10.3. The van der Waals surface area contributed by atoms with Gasteiger partial charge in [-0.2, -0.15) is 9.97 Å². The Morgan fingerprint density at radius 2 is 2.44 bits per heavy atom. The van der Waals surface area contributed by atoms with Gasteiger partial charge in [0, 0.05) is 6.04 Å². The van der Waals surface area contributed by atoms with Crippen molar-refractivity contribution in [3.63, 3.8) is 0 Å². The molecule has 2 aromatic heterocycles. The molecule has 0 bridgehead atoms. The maximum absolute atomic E-state index is 5.63. The van der Waals surface area contributed by atoms with E-state index in [0.29, 0.717) is 11.7 Å². The molecule has 2 aromatic rings. The summed E-state index contributed by atoms with van der Waals surface area (Å²) in [5.74, 6) is 1.78. The number of hydrogen-bond acceptors (Lipinski definition) is 5. The topological polar surface area (TPSA) is 92.5 Å². The fourth-order valence-corrected chi connectivity index (χ4v) is 2.01. The van der Waals surface area contributed by atoms with Crippen LogP contribution in [-0.4, -0.2) is 26.0 Å². The van der Waals surface area contributed by atoms with Crippen molar-refractivity contribution >= 4 is 22.9 Å². The van der Waals surface area contributed by atoms with Crippen molar-refractivity contribution in [2.75, 3.05) is 11.1 Å².